The molecule has 5 nitrogen and oxygen atoms in total. The molecule has 1 amide bonds. The van der Waals surface area contributed by atoms with Crippen molar-refractivity contribution < 1.29 is 19.4 Å². The number of amides is 1. The molecule has 2 aromatic carbocycles. The zero-order valence-corrected chi connectivity index (χ0v) is 14.1. The molecular formula is C17H15Cl2NO4. The first-order valence-electron chi connectivity index (χ1n) is 7.07. The fourth-order valence-electron chi connectivity index (χ4n) is 1.99. The fraction of sp³-hybridized carbons (Fsp3) is 0.176. The molecule has 0 radical (unpaired) electrons. The topological polar surface area (TPSA) is 75.6 Å². The number of hydrogen-bond donors (Lipinski definition) is 2. The smallest absolute Gasteiger partial charge is 0.322 e. The number of carboxylic acids is 1. The molecule has 0 aliphatic heterocycles. The summed E-state index contributed by atoms with van der Waals surface area (Å²) in [7, 11) is 0. The third-order valence-corrected chi connectivity index (χ3v) is 3.49. The van der Waals surface area contributed by atoms with Crippen molar-refractivity contribution in [3.8, 4) is 5.75 Å². The van der Waals surface area contributed by atoms with Gasteiger partial charge in [0.25, 0.3) is 0 Å². The predicted molar refractivity (Wildman–Crippen MR) is 91.6 cm³/mol. The van der Waals surface area contributed by atoms with Crippen LogP contribution in [0.4, 0.5) is 0 Å². The van der Waals surface area contributed by atoms with E-state index in [1.165, 1.54) is 0 Å². The number of carbonyl (C=O) groups is 2. The van der Waals surface area contributed by atoms with E-state index in [1.807, 2.05) is 0 Å². The lowest BCUT2D eigenvalue weighted by atomic mass is 10.1. The van der Waals surface area contributed by atoms with Crippen LogP contribution < -0.4 is 10.1 Å². The van der Waals surface area contributed by atoms with E-state index in [0.717, 1.165) is 11.1 Å². The highest BCUT2D eigenvalue weighted by Crippen LogP contribution is 2.21. The van der Waals surface area contributed by atoms with E-state index in [0.29, 0.717) is 22.4 Å². The van der Waals surface area contributed by atoms with E-state index < -0.39 is 5.97 Å². The third-order valence-electron chi connectivity index (χ3n) is 3.05. The van der Waals surface area contributed by atoms with Crippen molar-refractivity contribution in [3.63, 3.8) is 0 Å². The average molecular weight is 368 g/mol. The summed E-state index contributed by atoms with van der Waals surface area (Å²) in [6, 6.07) is 12.2. The molecule has 24 heavy (non-hydrogen) atoms. The predicted octanol–water partition coefficient (Wildman–Crippen LogP) is 3.32. The molecule has 0 aliphatic carbocycles. The van der Waals surface area contributed by atoms with Gasteiger partial charge in [0.05, 0.1) is 6.42 Å². The molecule has 0 aromatic heterocycles. The zero-order valence-electron chi connectivity index (χ0n) is 12.6. The van der Waals surface area contributed by atoms with Crippen LogP contribution in [-0.4, -0.2) is 23.5 Å². The van der Waals surface area contributed by atoms with Crippen LogP contribution in [-0.2, 0) is 22.6 Å². The van der Waals surface area contributed by atoms with E-state index >= 15 is 0 Å². The highest BCUT2D eigenvalue weighted by atomic mass is 35.5. The molecule has 0 saturated carbocycles. The zero-order chi connectivity index (χ0) is 17.5. The van der Waals surface area contributed by atoms with Gasteiger partial charge in [-0.25, -0.2) is 0 Å². The van der Waals surface area contributed by atoms with Crippen LogP contribution in [0.3, 0.4) is 0 Å². The van der Waals surface area contributed by atoms with Gasteiger partial charge in [0.2, 0.25) is 5.91 Å². The normalized spacial score (nSPS) is 10.2. The second-order valence-corrected chi connectivity index (χ2v) is 5.93. The van der Waals surface area contributed by atoms with E-state index in [-0.39, 0.29) is 18.9 Å². The molecule has 0 saturated heterocycles. The molecule has 126 valence electrons. The highest BCUT2D eigenvalue weighted by Gasteiger charge is 2.06. The lowest BCUT2D eigenvalue weighted by molar-refractivity contribution is -0.137. The summed E-state index contributed by atoms with van der Waals surface area (Å²) in [5.41, 5.74) is 1.61. The number of halogens is 2. The molecule has 7 heteroatoms. The van der Waals surface area contributed by atoms with Gasteiger partial charge >= 0.3 is 5.97 Å². The summed E-state index contributed by atoms with van der Waals surface area (Å²) in [5.74, 6) is -0.784. The molecule has 0 aliphatic rings. The number of ether oxygens (including phenoxy) is 1. The number of hydrogen-bond acceptors (Lipinski definition) is 3. The Kier molecular flexibility index (Phi) is 6.46. The SMILES string of the molecule is O=C(O)CNC(=O)Cc1ccc(OCc2cc(Cl)cc(Cl)c2)cc1. The minimum atomic E-state index is -1.08. The van der Waals surface area contributed by atoms with E-state index in [9.17, 15) is 9.59 Å². The lowest BCUT2D eigenvalue weighted by Crippen LogP contribution is -2.30. The third kappa shape index (κ3) is 6.10. The number of benzene rings is 2. The molecule has 0 heterocycles. The van der Waals surface area contributed by atoms with Crippen molar-refractivity contribution >= 4 is 35.1 Å². The first-order valence-corrected chi connectivity index (χ1v) is 7.83. The molecule has 2 aromatic rings. The Morgan fingerprint density at radius 3 is 2.21 bits per heavy atom. The van der Waals surface area contributed by atoms with Gasteiger partial charge in [0.1, 0.15) is 18.9 Å². The van der Waals surface area contributed by atoms with Gasteiger partial charge in [-0.1, -0.05) is 35.3 Å². The van der Waals surface area contributed by atoms with Crippen LogP contribution in [0.5, 0.6) is 5.75 Å². The summed E-state index contributed by atoms with van der Waals surface area (Å²) < 4.78 is 5.65. The number of aliphatic carboxylic acids is 1. The summed E-state index contributed by atoms with van der Waals surface area (Å²) in [4.78, 5) is 21.9. The Balaban J connectivity index is 1.87. The Bertz CT molecular complexity index is 712. The number of nitrogens with one attached hydrogen (secondary N) is 1. The Morgan fingerprint density at radius 1 is 1.00 bits per heavy atom. The summed E-state index contributed by atoms with van der Waals surface area (Å²) in [6.07, 6.45) is 0.109. The Morgan fingerprint density at radius 2 is 1.62 bits per heavy atom. The van der Waals surface area contributed by atoms with E-state index in [4.69, 9.17) is 33.0 Å². The fourth-order valence-corrected chi connectivity index (χ4v) is 2.56. The molecule has 0 spiro atoms. The quantitative estimate of drug-likeness (QED) is 0.786. The maximum absolute atomic E-state index is 11.5. The Hall–Kier alpha value is -2.24. The molecular weight excluding hydrogens is 353 g/mol. The van der Waals surface area contributed by atoms with Crippen molar-refractivity contribution in [2.45, 2.75) is 13.0 Å². The largest absolute Gasteiger partial charge is 0.489 e. The minimum Gasteiger partial charge on any atom is -0.489 e. The standard InChI is InChI=1S/C17H15Cl2NO4/c18-13-5-12(6-14(19)8-13)10-24-15-3-1-11(2-4-15)7-16(21)20-9-17(22)23/h1-6,8H,7,9-10H2,(H,20,21)(H,22,23). The monoisotopic (exact) mass is 367 g/mol. The Labute approximate surface area is 149 Å². The van der Waals surface area contributed by atoms with Crippen molar-refractivity contribution in [1.82, 2.24) is 5.32 Å². The minimum absolute atomic E-state index is 0.109. The van der Waals surface area contributed by atoms with Crippen LogP contribution >= 0.6 is 23.2 Å². The van der Waals surface area contributed by atoms with E-state index in [2.05, 4.69) is 5.32 Å². The first-order chi connectivity index (χ1) is 11.4. The van der Waals surface area contributed by atoms with Crippen molar-refractivity contribution in [1.29, 1.82) is 0 Å². The highest BCUT2D eigenvalue weighted by molar-refractivity contribution is 6.34. The van der Waals surface area contributed by atoms with Crippen LogP contribution in [0.25, 0.3) is 0 Å². The molecule has 2 N–H and O–H groups in total. The maximum atomic E-state index is 11.5. The summed E-state index contributed by atoms with van der Waals surface area (Å²) in [6.45, 7) is -0.0685. The van der Waals surface area contributed by atoms with Crippen LogP contribution in [0.2, 0.25) is 10.0 Å². The second kappa shape index (κ2) is 8.57. The van der Waals surface area contributed by atoms with Crippen molar-refractivity contribution in [2.24, 2.45) is 0 Å². The van der Waals surface area contributed by atoms with Crippen LogP contribution in [0, 0.1) is 0 Å². The van der Waals surface area contributed by atoms with Gasteiger partial charge in [-0.2, -0.15) is 0 Å². The summed E-state index contributed by atoms with van der Waals surface area (Å²) >= 11 is 11.9. The molecule has 0 bridgehead atoms. The molecule has 0 fully saturated rings. The second-order valence-electron chi connectivity index (χ2n) is 5.06. The first kappa shape index (κ1) is 18.1. The molecule has 0 atom stereocenters. The van der Waals surface area contributed by atoms with Gasteiger partial charge in [-0.05, 0) is 41.5 Å². The van der Waals surface area contributed by atoms with Gasteiger partial charge in [-0.3, -0.25) is 9.59 Å². The van der Waals surface area contributed by atoms with E-state index in [1.54, 1.807) is 42.5 Å². The van der Waals surface area contributed by atoms with Gasteiger partial charge in [0.15, 0.2) is 0 Å². The van der Waals surface area contributed by atoms with Gasteiger partial charge in [0, 0.05) is 10.0 Å². The summed E-state index contributed by atoms with van der Waals surface area (Å²) in [5, 5.41) is 11.9. The molecule has 2 rings (SSSR count). The van der Waals surface area contributed by atoms with Crippen molar-refractivity contribution in [3.05, 3.63) is 63.6 Å². The number of rotatable bonds is 7. The van der Waals surface area contributed by atoms with Crippen molar-refractivity contribution in [2.75, 3.05) is 6.54 Å². The maximum Gasteiger partial charge on any atom is 0.322 e. The number of carbonyl (C=O) groups excluding carboxylic acids is 1. The number of carboxylic acid groups (broad SMARTS) is 1. The van der Waals surface area contributed by atoms with Crippen LogP contribution in [0.15, 0.2) is 42.5 Å². The lowest BCUT2D eigenvalue weighted by Gasteiger charge is -2.08. The van der Waals surface area contributed by atoms with Gasteiger partial charge < -0.3 is 15.2 Å². The average Bonchev–Trinajstić information content (AvgIpc) is 2.51. The molecule has 0 unspecified atom stereocenters. The van der Waals surface area contributed by atoms with Crippen LogP contribution in [0.1, 0.15) is 11.1 Å². The van der Waals surface area contributed by atoms with Gasteiger partial charge in [-0.15, -0.1) is 0 Å².